The number of nitrogens with two attached hydrogens (primary N) is 3. The predicted octanol–water partition coefficient (Wildman–Crippen LogP) is -3.90. The molecule has 0 bridgehead atoms. The molecule has 34 heavy (non-hydrogen) atoms. The normalized spacial score (nSPS) is 15.2. The third-order valence-corrected chi connectivity index (χ3v) is 4.67. The molecule has 0 aromatic rings. The lowest BCUT2D eigenvalue weighted by atomic mass is 10.1. The van der Waals surface area contributed by atoms with Crippen LogP contribution >= 0.6 is 0 Å². The van der Waals surface area contributed by atoms with Crippen LogP contribution in [0.2, 0.25) is 0 Å². The second-order valence-corrected chi connectivity index (χ2v) is 7.68. The number of carboxylic acid groups (broad SMARTS) is 2. The molecule has 5 atom stereocenters. The van der Waals surface area contributed by atoms with Gasteiger partial charge in [0.15, 0.2) is 0 Å². The van der Waals surface area contributed by atoms with E-state index in [1.165, 1.54) is 0 Å². The first-order valence-electron chi connectivity index (χ1n) is 10.6. The van der Waals surface area contributed by atoms with Gasteiger partial charge in [-0.05, 0) is 39.2 Å². The van der Waals surface area contributed by atoms with E-state index < -0.39 is 72.3 Å². The Hall–Kier alpha value is -3.30. The maximum atomic E-state index is 12.6. The van der Waals surface area contributed by atoms with Gasteiger partial charge in [0.1, 0.15) is 18.1 Å². The summed E-state index contributed by atoms with van der Waals surface area (Å²) in [7, 11) is 0. The number of primary amides is 1. The Bertz CT molecular complexity index is 746. The van der Waals surface area contributed by atoms with Gasteiger partial charge in [-0.2, -0.15) is 0 Å². The highest BCUT2D eigenvalue weighted by Gasteiger charge is 2.33. The Balaban J connectivity index is 5.37. The van der Waals surface area contributed by atoms with Crippen molar-refractivity contribution in [1.82, 2.24) is 16.0 Å². The summed E-state index contributed by atoms with van der Waals surface area (Å²) < 4.78 is 0. The molecule has 15 heteroatoms. The molecule has 15 nitrogen and oxygen atoms in total. The first-order chi connectivity index (χ1) is 15.8. The van der Waals surface area contributed by atoms with Gasteiger partial charge in [0, 0.05) is 6.42 Å². The van der Waals surface area contributed by atoms with E-state index in [-0.39, 0.29) is 19.3 Å². The quantitative estimate of drug-likeness (QED) is 0.0888. The lowest BCUT2D eigenvalue weighted by Gasteiger charge is -2.26. The van der Waals surface area contributed by atoms with Crippen molar-refractivity contribution in [2.24, 2.45) is 17.2 Å². The Kier molecular flexibility index (Phi) is 14.0. The van der Waals surface area contributed by atoms with Crippen molar-refractivity contribution in [1.29, 1.82) is 0 Å². The number of carbonyl (C=O) groups is 6. The SMILES string of the molecule is CC(O)C(NC(=O)C(N)CCC(N)=O)C(=O)NC(CC(=O)O)C(=O)NC(CCCCN)C(=O)O. The van der Waals surface area contributed by atoms with Crippen LogP contribution in [0.4, 0.5) is 0 Å². The van der Waals surface area contributed by atoms with Crippen molar-refractivity contribution in [2.45, 2.75) is 75.7 Å². The number of aliphatic carboxylic acids is 2. The van der Waals surface area contributed by atoms with Crippen molar-refractivity contribution < 1.29 is 44.1 Å². The molecular weight excluding hydrogens is 456 g/mol. The molecule has 0 aliphatic carbocycles. The Labute approximate surface area is 195 Å². The van der Waals surface area contributed by atoms with Crippen LogP contribution in [-0.4, -0.2) is 87.7 Å². The number of amides is 4. The van der Waals surface area contributed by atoms with Gasteiger partial charge in [0.2, 0.25) is 23.6 Å². The Morgan fingerprint density at radius 1 is 0.853 bits per heavy atom. The zero-order valence-corrected chi connectivity index (χ0v) is 18.9. The number of hydrogen-bond acceptors (Lipinski definition) is 9. The van der Waals surface area contributed by atoms with Gasteiger partial charge in [-0.25, -0.2) is 4.79 Å². The molecule has 0 spiro atoms. The van der Waals surface area contributed by atoms with E-state index in [9.17, 15) is 39.0 Å². The van der Waals surface area contributed by atoms with Crippen LogP contribution in [0.5, 0.6) is 0 Å². The minimum Gasteiger partial charge on any atom is -0.481 e. The maximum absolute atomic E-state index is 12.6. The summed E-state index contributed by atoms with van der Waals surface area (Å²) in [5.41, 5.74) is 16.0. The third kappa shape index (κ3) is 12.1. The summed E-state index contributed by atoms with van der Waals surface area (Å²) in [5.74, 6) is -6.61. The topological polar surface area (TPSA) is 277 Å². The lowest BCUT2D eigenvalue weighted by molar-refractivity contribution is -0.144. The molecule has 0 saturated heterocycles. The van der Waals surface area contributed by atoms with Crippen LogP contribution in [-0.2, 0) is 28.8 Å². The second kappa shape index (κ2) is 15.5. The van der Waals surface area contributed by atoms with E-state index in [0.717, 1.165) is 6.92 Å². The minimum atomic E-state index is -1.71. The molecule has 0 radical (unpaired) electrons. The monoisotopic (exact) mass is 490 g/mol. The summed E-state index contributed by atoms with van der Waals surface area (Å²) >= 11 is 0. The van der Waals surface area contributed by atoms with E-state index in [1.54, 1.807) is 0 Å². The highest BCUT2D eigenvalue weighted by Crippen LogP contribution is 2.04. The number of aliphatic hydroxyl groups is 1. The molecule has 0 aromatic carbocycles. The molecule has 0 aliphatic rings. The fourth-order valence-corrected chi connectivity index (χ4v) is 2.76. The number of unbranched alkanes of at least 4 members (excludes halogenated alkanes) is 1. The van der Waals surface area contributed by atoms with Crippen LogP contribution in [0, 0.1) is 0 Å². The number of hydrogen-bond donors (Lipinski definition) is 9. The molecule has 12 N–H and O–H groups in total. The first-order valence-corrected chi connectivity index (χ1v) is 10.6. The lowest BCUT2D eigenvalue weighted by Crippen LogP contribution is -2.60. The number of carboxylic acids is 2. The molecule has 0 rings (SSSR count). The average molecular weight is 491 g/mol. The number of carbonyl (C=O) groups excluding carboxylic acids is 4. The fraction of sp³-hybridized carbons (Fsp3) is 0.684. The number of rotatable bonds is 17. The van der Waals surface area contributed by atoms with Gasteiger partial charge in [-0.1, -0.05) is 0 Å². The number of aliphatic hydroxyl groups excluding tert-OH is 1. The van der Waals surface area contributed by atoms with Gasteiger partial charge in [-0.15, -0.1) is 0 Å². The molecule has 5 unspecified atom stereocenters. The molecule has 0 fully saturated rings. The summed E-state index contributed by atoms with van der Waals surface area (Å²) in [4.78, 5) is 70.8. The van der Waals surface area contributed by atoms with E-state index in [4.69, 9.17) is 22.3 Å². The van der Waals surface area contributed by atoms with Crippen molar-refractivity contribution in [3.63, 3.8) is 0 Å². The largest absolute Gasteiger partial charge is 0.481 e. The molecule has 0 aromatic heterocycles. The van der Waals surface area contributed by atoms with Crippen LogP contribution in [0.25, 0.3) is 0 Å². The van der Waals surface area contributed by atoms with E-state index in [2.05, 4.69) is 16.0 Å². The molecule has 0 heterocycles. The summed E-state index contributed by atoms with van der Waals surface area (Å²) in [6.07, 6.45) is -1.78. The summed E-state index contributed by atoms with van der Waals surface area (Å²) in [6, 6.07) is -5.91. The predicted molar refractivity (Wildman–Crippen MR) is 117 cm³/mol. The van der Waals surface area contributed by atoms with Crippen LogP contribution in [0.3, 0.4) is 0 Å². The van der Waals surface area contributed by atoms with Crippen LogP contribution in [0.15, 0.2) is 0 Å². The average Bonchev–Trinajstić information content (AvgIpc) is 2.73. The Morgan fingerprint density at radius 3 is 1.91 bits per heavy atom. The van der Waals surface area contributed by atoms with Gasteiger partial charge in [-0.3, -0.25) is 24.0 Å². The Morgan fingerprint density at radius 2 is 1.44 bits per heavy atom. The van der Waals surface area contributed by atoms with Gasteiger partial charge in [0.25, 0.3) is 0 Å². The third-order valence-electron chi connectivity index (χ3n) is 4.67. The zero-order valence-electron chi connectivity index (χ0n) is 18.9. The van der Waals surface area contributed by atoms with Crippen molar-refractivity contribution in [3.8, 4) is 0 Å². The second-order valence-electron chi connectivity index (χ2n) is 7.68. The molecule has 194 valence electrons. The molecule has 0 saturated carbocycles. The van der Waals surface area contributed by atoms with E-state index in [1.807, 2.05) is 0 Å². The minimum absolute atomic E-state index is 0.0293. The number of nitrogens with one attached hydrogen (secondary N) is 3. The van der Waals surface area contributed by atoms with Gasteiger partial charge < -0.3 is 48.5 Å². The summed E-state index contributed by atoms with van der Waals surface area (Å²) in [5, 5.41) is 34.7. The summed E-state index contributed by atoms with van der Waals surface area (Å²) in [6.45, 7) is 1.47. The van der Waals surface area contributed by atoms with Crippen molar-refractivity contribution >= 4 is 35.6 Å². The smallest absolute Gasteiger partial charge is 0.326 e. The standard InChI is InChI=1S/C19H34N6O9/c1-9(26)15(25-16(30)10(21)5-6-13(22)27)18(32)24-12(8-14(28)29)17(31)23-11(19(33)34)4-2-3-7-20/h9-12,15,26H,2-8,20-21H2,1H3,(H2,22,27)(H,23,31)(H,24,32)(H,25,30)(H,28,29)(H,33,34). The molecule has 4 amide bonds. The van der Waals surface area contributed by atoms with Crippen molar-refractivity contribution in [2.75, 3.05) is 6.54 Å². The van der Waals surface area contributed by atoms with Crippen LogP contribution in [0.1, 0.15) is 45.4 Å². The zero-order chi connectivity index (χ0) is 26.4. The fourth-order valence-electron chi connectivity index (χ4n) is 2.76. The van der Waals surface area contributed by atoms with Gasteiger partial charge >= 0.3 is 11.9 Å². The van der Waals surface area contributed by atoms with E-state index >= 15 is 0 Å². The molecular formula is C19H34N6O9. The molecule has 0 aliphatic heterocycles. The van der Waals surface area contributed by atoms with Crippen molar-refractivity contribution in [3.05, 3.63) is 0 Å². The highest BCUT2D eigenvalue weighted by atomic mass is 16.4. The van der Waals surface area contributed by atoms with Crippen LogP contribution < -0.4 is 33.2 Å². The maximum Gasteiger partial charge on any atom is 0.326 e. The highest BCUT2D eigenvalue weighted by molar-refractivity contribution is 5.95. The van der Waals surface area contributed by atoms with E-state index in [0.29, 0.717) is 19.4 Å². The first kappa shape index (κ1) is 30.7. The van der Waals surface area contributed by atoms with Gasteiger partial charge in [0.05, 0.1) is 18.6 Å².